The summed E-state index contributed by atoms with van der Waals surface area (Å²) in [5.74, 6) is -0.863. The van der Waals surface area contributed by atoms with E-state index in [1.54, 1.807) is 0 Å². The fourth-order valence-electron chi connectivity index (χ4n) is 2.21. The summed E-state index contributed by atoms with van der Waals surface area (Å²) in [7, 11) is 1.89. The molecule has 1 aromatic carbocycles. The molecule has 0 bridgehead atoms. The topological polar surface area (TPSA) is 35.5 Å². The molecule has 142 valence electrons. The smallest absolute Gasteiger partial charge is 0.431 e. The number of ether oxygens (including phenoxy) is 2. The molecule has 3 nitrogen and oxygen atoms in total. The number of carbonyl (C=O) groups excluding carboxylic acids is 1. The number of benzene rings is 1. The first kappa shape index (κ1) is 21.2. The number of methoxy groups -OCH3 is 2. The van der Waals surface area contributed by atoms with Gasteiger partial charge in [-0.15, -0.1) is 0 Å². The Kier molecular flexibility index (Phi) is 5.78. The Morgan fingerprint density at radius 1 is 1.00 bits per heavy atom. The van der Waals surface area contributed by atoms with Gasteiger partial charge in [-0.3, -0.25) is 0 Å². The van der Waals surface area contributed by atoms with Gasteiger partial charge in [0.15, 0.2) is 0 Å². The molecule has 0 aromatic heterocycles. The molecule has 0 aliphatic carbocycles. The van der Waals surface area contributed by atoms with Crippen LogP contribution in [0.2, 0.25) is 0 Å². The first-order valence-corrected chi connectivity index (χ1v) is 6.78. The van der Waals surface area contributed by atoms with Crippen LogP contribution in [0.15, 0.2) is 24.3 Å². The van der Waals surface area contributed by atoms with E-state index in [1.807, 2.05) is 0 Å². The van der Waals surface area contributed by atoms with E-state index in [0.717, 1.165) is 33.3 Å². The van der Waals surface area contributed by atoms with Crippen molar-refractivity contribution in [1.82, 2.24) is 0 Å². The summed E-state index contributed by atoms with van der Waals surface area (Å²) in [6, 6.07) is 4.56. The molecule has 1 aromatic rings. The Hall–Kier alpha value is -1.84. The van der Waals surface area contributed by atoms with Gasteiger partial charge >= 0.3 is 24.0 Å². The quantitative estimate of drug-likeness (QED) is 0.558. The molecule has 0 amide bonds. The maximum atomic E-state index is 14.1. The summed E-state index contributed by atoms with van der Waals surface area (Å²) < 4.78 is 100. The second kappa shape index (κ2) is 6.81. The number of hydrogen-bond donors (Lipinski definition) is 0. The van der Waals surface area contributed by atoms with E-state index < -0.39 is 36.0 Å². The molecule has 25 heavy (non-hydrogen) atoms. The number of halogens is 7. The van der Waals surface area contributed by atoms with Crippen LogP contribution in [-0.2, 0) is 15.1 Å². The highest BCUT2D eigenvalue weighted by atomic mass is 19.4. The lowest BCUT2D eigenvalue weighted by Crippen LogP contribution is -2.56. The van der Waals surface area contributed by atoms with Crippen LogP contribution < -0.4 is 0 Å². The third kappa shape index (κ3) is 4.05. The highest BCUT2D eigenvalue weighted by Gasteiger charge is 2.74. The zero-order chi connectivity index (χ0) is 19.7. The van der Waals surface area contributed by atoms with Gasteiger partial charge in [0, 0.05) is 13.5 Å². The van der Waals surface area contributed by atoms with E-state index in [2.05, 4.69) is 4.74 Å². The van der Waals surface area contributed by atoms with Crippen molar-refractivity contribution < 1.29 is 45.0 Å². The van der Waals surface area contributed by atoms with E-state index in [9.17, 15) is 35.5 Å². The Labute approximate surface area is 138 Å². The minimum absolute atomic E-state index is 0.133. The molecule has 1 unspecified atom stereocenters. The largest absolute Gasteiger partial charge is 0.465 e. The predicted octanol–water partition coefficient (Wildman–Crippen LogP) is 4.56. The third-order valence-electron chi connectivity index (χ3n) is 3.82. The standard InChI is InChI=1S/C15H15F7O3/c1-12(25-3,8-13(16,14(17,18)19)15(20,21)22)10-6-4-5-9(7-10)11(23)24-2/h4-7H,8H2,1-3H3. The van der Waals surface area contributed by atoms with E-state index in [4.69, 9.17) is 4.74 Å². The molecule has 0 aliphatic rings. The van der Waals surface area contributed by atoms with Crippen molar-refractivity contribution in [2.45, 2.75) is 37.0 Å². The van der Waals surface area contributed by atoms with Crippen molar-refractivity contribution in [3.8, 4) is 0 Å². The number of esters is 1. The average Bonchev–Trinajstić information content (AvgIpc) is 2.51. The van der Waals surface area contributed by atoms with Gasteiger partial charge in [0.1, 0.15) is 0 Å². The lowest BCUT2D eigenvalue weighted by atomic mass is 9.82. The second-order valence-corrected chi connectivity index (χ2v) is 5.48. The monoisotopic (exact) mass is 376 g/mol. The van der Waals surface area contributed by atoms with Crippen LogP contribution >= 0.6 is 0 Å². The molecule has 0 aliphatic heterocycles. The highest BCUT2D eigenvalue weighted by Crippen LogP contribution is 2.52. The SMILES string of the molecule is COC(=O)c1cccc(C(C)(CC(F)(C(F)(F)F)C(F)(F)F)OC)c1. The third-order valence-corrected chi connectivity index (χ3v) is 3.82. The van der Waals surface area contributed by atoms with E-state index in [1.165, 1.54) is 12.1 Å². The molecule has 0 heterocycles. The van der Waals surface area contributed by atoms with Gasteiger partial charge in [-0.2, -0.15) is 26.3 Å². The van der Waals surface area contributed by atoms with Gasteiger partial charge in [-0.1, -0.05) is 12.1 Å². The Bertz CT molecular complexity index is 610. The summed E-state index contributed by atoms with van der Waals surface area (Å²) >= 11 is 0. The molecule has 0 radical (unpaired) electrons. The Balaban J connectivity index is 3.42. The van der Waals surface area contributed by atoms with E-state index in [0.29, 0.717) is 0 Å². The van der Waals surface area contributed by atoms with Gasteiger partial charge in [-0.25, -0.2) is 9.18 Å². The fourth-order valence-corrected chi connectivity index (χ4v) is 2.21. The van der Waals surface area contributed by atoms with Crippen LogP contribution in [0.4, 0.5) is 30.7 Å². The minimum atomic E-state index is -6.20. The molecular formula is C15H15F7O3. The molecular weight excluding hydrogens is 361 g/mol. The summed E-state index contributed by atoms with van der Waals surface area (Å²) in [6.45, 7) is 0.870. The molecule has 0 N–H and O–H groups in total. The van der Waals surface area contributed by atoms with Crippen LogP contribution in [0.3, 0.4) is 0 Å². The summed E-state index contributed by atoms with van der Waals surface area (Å²) in [5, 5.41) is 0. The zero-order valence-corrected chi connectivity index (χ0v) is 13.4. The van der Waals surface area contributed by atoms with Crippen molar-refractivity contribution in [2.75, 3.05) is 14.2 Å². The lowest BCUT2D eigenvalue weighted by molar-refractivity contribution is -0.353. The van der Waals surface area contributed by atoms with Crippen LogP contribution in [0.25, 0.3) is 0 Å². The lowest BCUT2D eigenvalue weighted by Gasteiger charge is -2.38. The number of hydrogen-bond acceptors (Lipinski definition) is 3. The van der Waals surface area contributed by atoms with Crippen LogP contribution in [0, 0.1) is 0 Å². The van der Waals surface area contributed by atoms with Crippen molar-refractivity contribution in [2.24, 2.45) is 0 Å². The predicted molar refractivity (Wildman–Crippen MR) is 72.7 cm³/mol. The van der Waals surface area contributed by atoms with E-state index in [-0.39, 0.29) is 11.1 Å². The Morgan fingerprint density at radius 3 is 1.92 bits per heavy atom. The number of alkyl halides is 7. The summed E-state index contributed by atoms with van der Waals surface area (Å²) in [5.41, 5.74) is -8.18. The second-order valence-electron chi connectivity index (χ2n) is 5.48. The first-order chi connectivity index (χ1) is 11.2. The maximum Gasteiger partial charge on any atom is 0.431 e. The van der Waals surface area contributed by atoms with Crippen molar-refractivity contribution in [3.05, 3.63) is 35.4 Å². The molecule has 1 atom stereocenters. The van der Waals surface area contributed by atoms with Crippen molar-refractivity contribution in [1.29, 1.82) is 0 Å². The van der Waals surface area contributed by atoms with Crippen molar-refractivity contribution >= 4 is 5.97 Å². The number of carbonyl (C=O) groups is 1. The molecule has 0 fully saturated rings. The normalized spacial score (nSPS) is 15.6. The average molecular weight is 376 g/mol. The van der Waals surface area contributed by atoms with Gasteiger partial charge in [-0.05, 0) is 24.6 Å². The first-order valence-electron chi connectivity index (χ1n) is 6.78. The molecule has 0 spiro atoms. The van der Waals surface area contributed by atoms with E-state index >= 15 is 0 Å². The van der Waals surface area contributed by atoms with Gasteiger partial charge in [0.05, 0.1) is 18.3 Å². The zero-order valence-electron chi connectivity index (χ0n) is 13.4. The van der Waals surface area contributed by atoms with Gasteiger partial charge in [0.25, 0.3) is 0 Å². The van der Waals surface area contributed by atoms with Crippen LogP contribution in [-0.4, -0.2) is 38.2 Å². The summed E-state index contributed by atoms with van der Waals surface area (Å²) in [6.07, 6.45) is -14.5. The van der Waals surface area contributed by atoms with Crippen molar-refractivity contribution in [3.63, 3.8) is 0 Å². The maximum absolute atomic E-state index is 14.1. The summed E-state index contributed by atoms with van der Waals surface area (Å²) in [4.78, 5) is 11.5. The van der Waals surface area contributed by atoms with Crippen LogP contribution in [0.1, 0.15) is 29.3 Å². The van der Waals surface area contributed by atoms with Gasteiger partial charge < -0.3 is 9.47 Å². The highest BCUT2D eigenvalue weighted by molar-refractivity contribution is 5.89. The van der Waals surface area contributed by atoms with Gasteiger partial charge in [0.2, 0.25) is 0 Å². The minimum Gasteiger partial charge on any atom is -0.465 e. The molecule has 10 heteroatoms. The molecule has 0 saturated carbocycles. The molecule has 1 rings (SSSR count). The van der Waals surface area contributed by atoms with Crippen LogP contribution in [0.5, 0.6) is 0 Å². The molecule has 0 saturated heterocycles. The Morgan fingerprint density at radius 2 is 1.52 bits per heavy atom. The number of rotatable bonds is 5. The fraction of sp³-hybridized carbons (Fsp3) is 0.533.